The molecule has 0 radical (unpaired) electrons. The van der Waals surface area contributed by atoms with E-state index >= 15 is 0 Å². The van der Waals surface area contributed by atoms with Gasteiger partial charge in [0.2, 0.25) is 0 Å². The Kier molecular flexibility index (Phi) is 16.1. The number of nitrogens with zero attached hydrogens (tertiary/aromatic N) is 4. The number of carbonyl (C=O) groups excluding carboxylic acids is 1. The number of amides is 1. The number of methoxy groups -OCH3 is 1. The van der Waals surface area contributed by atoms with Crippen molar-refractivity contribution in [1.29, 1.82) is 0 Å². The normalized spacial score (nSPS) is 16.1. The molecule has 3 heterocycles. The Morgan fingerprint density at radius 1 is 1.22 bits per heavy atom. The Bertz CT molecular complexity index is 1360. The quantitative estimate of drug-likeness (QED) is 0.0770. The summed E-state index contributed by atoms with van der Waals surface area (Å²) < 4.78 is 9.45. The van der Waals surface area contributed by atoms with Crippen molar-refractivity contribution in [3.63, 3.8) is 0 Å². The van der Waals surface area contributed by atoms with Crippen LogP contribution < -0.4 is 31.8 Å². The molecule has 248 valence electrons. The first-order valence-corrected chi connectivity index (χ1v) is 19.0. The van der Waals surface area contributed by atoms with E-state index in [9.17, 15) is 4.79 Å². The summed E-state index contributed by atoms with van der Waals surface area (Å²) in [7, 11) is 1.74. The van der Waals surface area contributed by atoms with Gasteiger partial charge in [0.05, 0.1) is 0 Å². The number of pyridine rings is 1. The summed E-state index contributed by atoms with van der Waals surface area (Å²) in [5.74, 6) is 0.0197. The van der Waals surface area contributed by atoms with Crippen molar-refractivity contribution in [2.75, 3.05) is 42.0 Å². The summed E-state index contributed by atoms with van der Waals surface area (Å²) in [6.07, 6.45) is 21.6. The molecule has 9 heteroatoms. The molecule has 0 spiro atoms. The minimum atomic E-state index is -0.340. The summed E-state index contributed by atoms with van der Waals surface area (Å²) >= 11 is -0.340. The number of hydrogen-bond acceptors (Lipinski definition) is 6. The summed E-state index contributed by atoms with van der Waals surface area (Å²) in [6.45, 7) is 16.0. The van der Waals surface area contributed by atoms with E-state index in [1.165, 1.54) is 25.9 Å². The van der Waals surface area contributed by atoms with Gasteiger partial charge in [0.25, 0.3) is 0 Å². The van der Waals surface area contributed by atoms with Gasteiger partial charge in [0.15, 0.2) is 0 Å². The van der Waals surface area contributed by atoms with Crippen LogP contribution in [0.1, 0.15) is 84.4 Å². The fraction of sp³-hybridized carbons (Fsp3) is 0.528. The molecule has 45 heavy (non-hydrogen) atoms. The second-order valence-electron chi connectivity index (χ2n) is 11.8. The first-order valence-electron chi connectivity index (χ1n) is 16.4. The second kappa shape index (κ2) is 19.7. The first-order chi connectivity index (χ1) is 21.7. The van der Waals surface area contributed by atoms with Crippen LogP contribution in [-0.2, 0) is 16.1 Å². The number of ether oxygens (including phenoxy) is 1. The van der Waals surface area contributed by atoms with Crippen LogP contribution in [-0.4, -0.2) is 63.0 Å². The van der Waals surface area contributed by atoms with Gasteiger partial charge in [-0.1, -0.05) is 0 Å². The van der Waals surface area contributed by atoms with Crippen molar-refractivity contribution in [2.24, 2.45) is 0 Å². The number of halogens is 1. The third kappa shape index (κ3) is 12.5. The van der Waals surface area contributed by atoms with Gasteiger partial charge < -0.3 is 0 Å². The van der Waals surface area contributed by atoms with Crippen molar-refractivity contribution >= 4 is 22.9 Å². The van der Waals surface area contributed by atoms with Crippen molar-refractivity contribution in [3.05, 3.63) is 74.9 Å². The number of carbonyl (C=O) groups is 1. The number of anilines is 2. The van der Waals surface area contributed by atoms with Crippen LogP contribution in [0.25, 0.3) is 5.57 Å². The zero-order valence-corrected chi connectivity index (χ0v) is 30.6. The molecule has 0 bridgehead atoms. The third-order valence-corrected chi connectivity index (χ3v) is 10.3. The number of hydrogen-bond donors (Lipinski definition) is 2. The molecule has 0 aromatic carbocycles. The van der Waals surface area contributed by atoms with Crippen LogP contribution in [0.5, 0.6) is 0 Å². The molecule has 8 nitrogen and oxygen atoms in total. The van der Waals surface area contributed by atoms with Gasteiger partial charge in [0.1, 0.15) is 0 Å². The molecule has 1 aliphatic rings. The van der Waals surface area contributed by atoms with Gasteiger partial charge in [0, 0.05) is 7.11 Å². The number of allylic oxidation sites excluding steroid dienone is 8. The average molecular weight is 730 g/mol. The van der Waals surface area contributed by atoms with Gasteiger partial charge in [-0.15, -0.1) is 0 Å². The monoisotopic (exact) mass is 729 g/mol. The van der Waals surface area contributed by atoms with Gasteiger partial charge >= 0.3 is 276 Å². The standard InChI is InChI=1S/C36H54IN6O2/c1-8-10-11-15-33(20-31(27(3)4)19-30(9-2)32-22-40-43(24-32)17-13-18-45-7)37-26-39-35-21-34(23-38-29(35)6)41-36(44)25-42-16-12-14-28(42)5/h11,15,19-24,28,39H,8-10,12-14,16-18,25-26H2,1-7H3,(H,41,44)/q-1/b15-11+,30-19+,33-20+. The molecule has 1 aliphatic heterocycles. The maximum absolute atomic E-state index is 12.7. The van der Waals surface area contributed by atoms with Crippen LogP contribution in [0, 0.1) is 6.92 Å². The summed E-state index contributed by atoms with van der Waals surface area (Å²) in [5, 5.41) is 11.3. The Balaban J connectivity index is 1.71. The van der Waals surface area contributed by atoms with Gasteiger partial charge in [-0.05, 0) is 0 Å². The SMILES string of the molecule is CCC/C=C/C(=C\C(/C=C(\CC)c1cnn(CCCOC)c1)=C(C)C)[I-]CNc1cc(NC(=O)CN2CCCC2C)cnc1C. The molecule has 2 aromatic heterocycles. The van der Waals surface area contributed by atoms with Gasteiger partial charge in [-0.25, -0.2) is 0 Å². The van der Waals surface area contributed by atoms with Crippen molar-refractivity contribution in [1.82, 2.24) is 19.7 Å². The summed E-state index contributed by atoms with van der Waals surface area (Å²) in [4.78, 5) is 19.5. The molecule has 1 unspecified atom stereocenters. The summed E-state index contributed by atoms with van der Waals surface area (Å²) in [6, 6.07) is 2.48. The number of unbranched alkanes of at least 4 members (excludes halogenated alkanes) is 1. The van der Waals surface area contributed by atoms with Crippen LogP contribution in [0.2, 0.25) is 0 Å². The topological polar surface area (TPSA) is 84.3 Å². The first kappa shape index (κ1) is 36.7. The molecular formula is C36H54IN6O2-. The average Bonchev–Trinajstić information content (AvgIpc) is 3.65. The second-order valence-corrected chi connectivity index (χ2v) is 14.6. The third-order valence-electron chi connectivity index (χ3n) is 7.94. The van der Waals surface area contributed by atoms with Crippen LogP contribution in [0.3, 0.4) is 0 Å². The predicted octanol–water partition coefficient (Wildman–Crippen LogP) is 4.57. The van der Waals surface area contributed by atoms with E-state index in [0.717, 1.165) is 79.8 Å². The van der Waals surface area contributed by atoms with Crippen molar-refractivity contribution in [2.45, 2.75) is 92.7 Å². The number of nitrogens with one attached hydrogen (secondary N) is 2. The fourth-order valence-corrected chi connectivity index (χ4v) is 7.25. The summed E-state index contributed by atoms with van der Waals surface area (Å²) in [5.41, 5.74) is 7.64. The predicted molar refractivity (Wildman–Crippen MR) is 184 cm³/mol. The molecule has 1 saturated heterocycles. The zero-order chi connectivity index (χ0) is 32.6. The van der Waals surface area contributed by atoms with E-state index in [1.54, 1.807) is 13.3 Å². The molecule has 1 atom stereocenters. The van der Waals surface area contributed by atoms with E-state index in [-0.39, 0.29) is 27.1 Å². The number of rotatable bonds is 18. The van der Waals surface area contributed by atoms with Crippen molar-refractivity contribution < 1.29 is 30.7 Å². The van der Waals surface area contributed by atoms with Crippen LogP contribution >= 0.6 is 0 Å². The van der Waals surface area contributed by atoms with Gasteiger partial charge in [-0.3, -0.25) is 0 Å². The number of aryl methyl sites for hydroxylation is 2. The molecule has 0 saturated carbocycles. The Morgan fingerprint density at radius 2 is 2.04 bits per heavy atom. The zero-order valence-electron chi connectivity index (χ0n) is 28.5. The van der Waals surface area contributed by atoms with E-state index in [1.807, 2.05) is 23.9 Å². The molecule has 1 amide bonds. The van der Waals surface area contributed by atoms with E-state index in [0.29, 0.717) is 12.6 Å². The number of alkyl halides is 1. The van der Waals surface area contributed by atoms with Crippen LogP contribution in [0.15, 0.2) is 63.7 Å². The maximum atomic E-state index is 12.7. The molecule has 2 N–H and O–H groups in total. The molecule has 1 fully saturated rings. The van der Waals surface area contributed by atoms with E-state index in [4.69, 9.17) is 4.74 Å². The molecule has 0 aliphatic carbocycles. The Labute approximate surface area is 281 Å². The minimum absolute atomic E-state index is 0.0197. The number of aromatic nitrogens is 3. The molecule has 3 rings (SSSR count). The molecule has 2 aromatic rings. The molecular weight excluding hydrogens is 675 g/mol. The van der Waals surface area contributed by atoms with Crippen molar-refractivity contribution in [3.8, 4) is 0 Å². The van der Waals surface area contributed by atoms with E-state index in [2.05, 4.69) is 90.7 Å². The van der Waals surface area contributed by atoms with Gasteiger partial charge in [-0.2, -0.15) is 0 Å². The van der Waals surface area contributed by atoms with E-state index < -0.39 is 0 Å². The van der Waals surface area contributed by atoms with Crippen LogP contribution in [0.4, 0.5) is 11.4 Å². The fourth-order valence-electron chi connectivity index (χ4n) is 5.15. The Hall–Kier alpha value is -2.76. The Morgan fingerprint density at radius 3 is 2.73 bits per heavy atom. The number of likely N-dealkylation sites (tertiary alicyclic amines) is 1.